The summed E-state index contributed by atoms with van der Waals surface area (Å²) in [5.74, 6) is 0.590. The van der Waals surface area contributed by atoms with E-state index in [1.54, 1.807) is 0 Å². The Morgan fingerprint density at radius 1 is 1.33 bits per heavy atom. The number of hydrogen-bond donors (Lipinski definition) is 1. The Morgan fingerprint density at radius 2 is 1.94 bits per heavy atom. The summed E-state index contributed by atoms with van der Waals surface area (Å²) in [6, 6.07) is 8.08. The SMILES string of the molecule is CCN(C(=O)CCC(C)CN)c1ccc(C)cc1. The normalized spacial score (nSPS) is 12.2. The molecule has 0 fully saturated rings. The third-order valence-corrected chi connectivity index (χ3v) is 3.22. The van der Waals surface area contributed by atoms with Crippen molar-refractivity contribution in [3.63, 3.8) is 0 Å². The lowest BCUT2D eigenvalue weighted by Crippen LogP contribution is -2.31. The topological polar surface area (TPSA) is 46.3 Å². The van der Waals surface area contributed by atoms with Gasteiger partial charge >= 0.3 is 0 Å². The molecule has 18 heavy (non-hydrogen) atoms. The first-order chi connectivity index (χ1) is 8.58. The standard InChI is InChI=1S/C15H24N2O/c1-4-17(14-8-5-12(2)6-9-14)15(18)10-7-13(3)11-16/h5-6,8-9,13H,4,7,10-11,16H2,1-3H3. The molecule has 2 N–H and O–H groups in total. The number of rotatable bonds is 6. The van der Waals surface area contributed by atoms with Gasteiger partial charge in [-0.05, 0) is 44.9 Å². The van der Waals surface area contributed by atoms with E-state index in [0.717, 1.165) is 12.1 Å². The smallest absolute Gasteiger partial charge is 0.226 e. The van der Waals surface area contributed by atoms with E-state index in [0.29, 0.717) is 25.4 Å². The first kappa shape index (κ1) is 14.7. The molecule has 3 heteroatoms. The van der Waals surface area contributed by atoms with Crippen LogP contribution in [0.25, 0.3) is 0 Å². The van der Waals surface area contributed by atoms with Crippen LogP contribution in [0.2, 0.25) is 0 Å². The highest BCUT2D eigenvalue weighted by Gasteiger charge is 2.14. The number of carbonyl (C=O) groups is 1. The van der Waals surface area contributed by atoms with E-state index in [1.165, 1.54) is 5.56 Å². The van der Waals surface area contributed by atoms with Gasteiger partial charge in [0, 0.05) is 18.7 Å². The molecule has 0 saturated heterocycles. The van der Waals surface area contributed by atoms with Crippen molar-refractivity contribution in [3.8, 4) is 0 Å². The van der Waals surface area contributed by atoms with Crippen LogP contribution in [0, 0.1) is 12.8 Å². The van der Waals surface area contributed by atoms with Crippen LogP contribution < -0.4 is 10.6 Å². The molecule has 1 atom stereocenters. The molecule has 1 unspecified atom stereocenters. The first-order valence-electron chi connectivity index (χ1n) is 6.65. The van der Waals surface area contributed by atoms with Crippen molar-refractivity contribution in [3.05, 3.63) is 29.8 Å². The van der Waals surface area contributed by atoms with E-state index in [-0.39, 0.29) is 5.91 Å². The second kappa shape index (κ2) is 7.17. The van der Waals surface area contributed by atoms with Gasteiger partial charge in [0.1, 0.15) is 0 Å². The van der Waals surface area contributed by atoms with Crippen LogP contribution in [-0.4, -0.2) is 19.0 Å². The van der Waals surface area contributed by atoms with Crippen LogP contribution in [0.4, 0.5) is 5.69 Å². The lowest BCUT2D eigenvalue weighted by atomic mass is 10.1. The van der Waals surface area contributed by atoms with Gasteiger partial charge < -0.3 is 10.6 Å². The van der Waals surface area contributed by atoms with Crippen molar-refractivity contribution in [1.82, 2.24) is 0 Å². The molecule has 0 saturated carbocycles. The van der Waals surface area contributed by atoms with Gasteiger partial charge in [0.15, 0.2) is 0 Å². The number of carbonyl (C=O) groups excluding carboxylic acids is 1. The number of nitrogens with two attached hydrogens (primary N) is 1. The van der Waals surface area contributed by atoms with Gasteiger partial charge in [0.2, 0.25) is 5.91 Å². The number of nitrogens with zero attached hydrogens (tertiary/aromatic N) is 1. The van der Waals surface area contributed by atoms with E-state index >= 15 is 0 Å². The summed E-state index contributed by atoms with van der Waals surface area (Å²) in [5.41, 5.74) is 7.76. The fourth-order valence-corrected chi connectivity index (χ4v) is 1.85. The molecule has 3 nitrogen and oxygen atoms in total. The maximum absolute atomic E-state index is 12.2. The van der Waals surface area contributed by atoms with Gasteiger partial charge in [0.25, 0.3) is 0 Å². The van der Waals surface area contributed by atoms with Crippen LogP contribution in [0.5, 0.6) is 0 Å². The zero-order valence-corrected chi connectivity index (χ0v) is 11.6. The van der Waals surface area contributed by atoms with Gasteiger partial charge in [-0.3, -0.25) is 4.79 Å². The summed E-state index contributed by atoms with van der Waals surface area (Å²) < 4.78 is 0. The predicted octanol–water partition coefficient (Wildman–Crippen LogP) is 2.72. The summed E-state index contributed by atoms with van der Waals surface area (Å²) in [6.45, 7) is 7.48. The van der Waals surface area contributed by atoms with Crippen LogP contribution in [0.3, 0.4) is 0 Å². The third-order valence-electron chi connectivity index (χ3n) is 3.22. The third kappa shape index (κ3) is 4.15. The highest BCUT2D eigenvalue weighted by molar-refractivity contribution is 5.93. The summed E-state index contributed by atoms with van der Waals surface area (Å²) >= 11 is 0. The van der Waals surface area contributed by atoms with E-state index in [1.807, 2.05) is 43.0 Å². The Kier molecular flexibility index (Phi) is 5.86. The van der Waals surface area contributed by atoms with Crippen LogP contribution in [-0.2, 0) is 4.79 Å². The van der Waals surface area contributed by atoms with Gasteiger partial charge in [0.05, 0.1) is 0 Å². The van der Waals surface area contributed by atoms with E-state index < -0.39 is 0 Å². The Morgan fingerprint density at radius 3 is 2.44 bits per heavy atom. The lowest BCUT2D eigenvalue weighted by molar-refractivity contribution is -0.118. The fourth-order valence-electron chi connectivity index (χ4n) is 1.85. The maximum Gasteiger partial charge on any atom is 0.226 e. The van der Waals surface area contributed by atoms with Crippen molar-refractivity contribution in [2.45, 2.75) is 33.6 Å². The largest absolute Gasteiger partial charge is 0.330 e. The van der Waals surface area contributed by atoms with Crippen molar-refractivity contribution in [1.29, 1.82) is 0 Å². The van der Waals surface area contributed by atoms with Crippen molar-refractivity contribution >= 4 is 11.6 Å². The molecule has 0 aromatic heterocycles. The minimum absolute atomic E-state index is 0.182. The lowest BCUT2D eigenvalue weighted by Gasteiger charge is -2.22. The van der Waals surface area contributed by atoms with E-state index in [4.69, 9.17) is 5.73 Å². The summed E-state index contributed by atoms with van der Waals surface area (Å²) in [5, 5.41) is 0. The number of benzene rings is 1. The Labute approximate surface area is 110 Å². The minimum Gasteiger partial charge on any atom is -0.330 e. The minimum atomic E-state index is 0.182. The van der Waals surface area contributed by atoms with Gasteiger partial charge in [-0.2, -0.15) is 0 Å². The average Bonchev–Trinajstić information content (AvgIpc) is 2.39. The Bertz CT molecular complexity index is 373. The van der Waals surface area contributed by atoms with Crippen molar-refractivity contribution in [2.24, 2.45) is 11.7 Å². The highest BCUT2D eigenvalue weighted by atomic mass is 16.2. The number of aryl methyl sites for hydroxylation is 1. The molecule has 1 amide bonds. The zero-order chi connectivity index (χ0) is 13.5. The predicted molar refractivity (Wildman–Crippen MR) is 76.7 cm³/mol. The average molecular weight is 248 g/mol. The Hall–Kier alpha value is -1.35. The second-order valence-electron chi connectivity index (χ2n) is 4.85. The molecule has 0 bridgehead atoms. The second-order valence-corrected chi connectivity index (χ2v) is 4.85. The zero-order valence-electron chi connectivity index (χ0n) is 11.6. The molecule has 100 valence electrons. The highest BCUT2D eigenvalue weighted by Crippen LogP contribution is 2.17. The maximum atomic E-state index is 12.2. The molecular weight excluding hydrogens is 224 g/mol. The van der Waals surface area contributed by atoms with Gasteiger partial charge in [-0.15, -0.1) is 0 Å². The molecular formula is C15H24N2O. The monoisotopic (exact) mass is 248 g/mol. The Balaban J connectivity index is 2.65. The molecule has 0 aliphatic rings. The summed E-state index contributed by atoms with van der Waals surface area (Å²) in [6.07, 6.45) is 1.43. The van der Waals surface area contributed by atoms with Gasteiger partial charge in [-0.25, -0.2) is 0 Å². The molecule has 0 spiro atoms. The quantitative estimate of drug-likeness (QED) is 0.841. The molecule has 1 aromatic rings. The van der Waals surface area contributed by atoms with E-state index in [9.17, 15) is 4.79 Å². The first-order valence-corrected chi connectivity index (χ1v) is 6.65. The van der Waals surface area contributed by atoms with Crippen molar-refractivity contribution < 1.29 is 4.79 Å². The molecule has 1 aromatic carbocycles. The summed E-state index contributed by atoms with van der Waals surface area (Å²) in [4.78, 5) is 14.0. The van der Waals surface area contributed by atoms with Crippen LogP contribution in [0.1, 0.15) is 32.3 Å². The van der Waals surface area contributed by atoms with Crippen LogP contribution >= 0.6 is 0 Å². The molecule has 1 rings (SSSR count). The molecule has 0 radical (unpaired) electrons. The number of anilines is 1. The molecule has 0 aliphatic carbocycles. The summed E-state index contributed by atoms with van der Waals surface area (Å²) in [7, 11) is 0. The molecule has 0 heterocycles. The van der Waals surface area contributed by atoms with E-state index in [2.05, 4.69) is 6.92 Å². The van der Waals surface area contributed by atoms with Crippen LogP contribution in [0.15, 0.2) is 24.3 Å². The number of amides is 1. The van der Waals surface area contributed by atoms with Gasteiger partial charge in [-0.1, -0.05) is 24.6 Å². The fraction of sp³-hybridized carbons (Fsp3) is 0.533. The van der Waals surface area contributed by atoms with Crippen molar-refractivity contribution in [2.75, 3.05) is 18.0 Å². The molecule has 0 aliphatic heterocycles. The number of hydrogen-bond acceptors (Lipinski definition) is 2.